The Kier molecular flexibility index (Phi) is 25.5. The Morgan fingerprint density at radius 3 is 1.44 bits per heavy atom. The summed E-state index contributed by atoms with van der Waals surface area (Å²) in [7, 11) is -0.715. The fraction of sp³-hybridized carbons (Fsp3) is 1.00. The summed E-state index contributed by atoms with van der Waals surface area (Å²) in [4.78, 5) is 0. The number of hydrogen-bond donors (Lipinski definition) is 0. The molecule has 0 heterocycles. The molecular weight excluding hydrogens is 377 g/mol. The third-order valence-electron chi connectivity index (χ3n) is 4.76. The lowest BCUT2D eigenvalue weighted by Crippen LogP contribution is -2.12. The number of hydrogen-bond acceptors (Lipinski definition) is 3. The Labute approximate surface area is 168 Å². The van der Waals surface area contributed by atoms with Crippen molar-refractivity contribution < 1.29 is 12.3 Å². The van der Waals surface area contributed by atoms with Crippen LogP contribution >= 0.6 is 0 Å². The van der Waals surface area contributed by atoms with Gasteiger partial charge in [-0.05, 0) is 6.04 Å². The quantitative estimate of drug-likeness (QED) is 0.198. The van der Waals surface area contributed by atoms with Gasteiger partial charge in [0.1, 0.15) is 20.2 Å². The van der Waals surface area contributed by atoms with Crippen LogP contribution in [0.15, 0.2) is 0 Å². The van der Waals surface area contributed by atoms with E-state index in [1.165, 1.54) is 109 Å². The molecule has 0 aromatic heterocycles. The van der Waals surface area contributed by atoms with Crippen LogP contribution in [-0.4, -0.2) is 40.3 Å². The van der Waals surface area contributed by atoms with Gasteiger partial charge in [-0.1, -0.05) is 110 Å². The lowest BCUT2D eigenvalue weighted by atomic mass is 10.0. The first-order valence-electron chi connectivity index (χ1n) is 11.1. The predicted octanol–water partition coefficient (Wildman–Crippen LogP) is 3.08. The largest absolute Gasteiger partial charge is 0.449 e. The Morgan fingerprint density at radius 2 is 1.00 bits per heavy atom. The predicted molar refractivity (Wildman–Crippen MR) is 123 cm³/mol. The van der Waals surface area contributed by atoms with Crippen LogP contribution in [0.5, 0.6) is 0 Å². The Bertz CT molecular complexity index is 214. The van der Waals surface area contributed by atoms with E-state index in [9.17, 15) is 0 Å². The third kappa shape index (κ3) is 24.7. The highest BCUT2D eigenvalue weighted by molar-refractivity contribution is 6.44. The molecule has 0 aliphatic heterocycles. The van der Waals surface area contributed by atoms with Crippen LogP contribution in [-0.2, 0) is 12.3 Å². The molecule has 0 aliphatic rings. The van der Waals surface area contributed by atoms with E-state index in [1.54, 1.807) is 0 Å². The molecule has 0 N–H and O–H groups in total. The van der Waals surface area contributed by atoms with E-state index in [2.05, 4.69) is 6.92 Å². The zero-order valence-electron chi connectivity index (χ0n) is 17.4. The van der Waals surface area contributed by atoms with Crippen LogP contribution in [0.1, 0.15) is 110 Å². The van der Waals surface area contributed by atoms with Crippen molar-refractivity contribution in [3.05, 3.63) is 0 Å². The number of unbranched alkanes of at least 4 members (excludes halogenated alkanes) is 15. The van der Waals surface area contributed by atoms with Crippen molar-refractivity contribution in [1.29, 1.82) is 0 Å². The lowest BCUT2D eigenvalue weighted by molar-refractivity contribution is 0.437. The molecule has 0 aliphatic carbocycles. The second-order valence-corrected chi connectivity index (χ2v) is 14.5. The first-order chi connectivity index (χ1) is 12.4. The molecule has 7 heteroatoms. The van der Waals surface area contributed by atoms with Crippen molar-refractivity contribution in [1.82, 2.24) is 0 Å². The second-order valence-electron chi connectivity index (χ2n) is 7.29. The van der Waals surface area contributed by atoms with Crippen molar-refractivity contribution in [3.8, 4) is 0 Å². The van der Waals surface area contributed by atoms with Crippen LogP contribution in [0.4, 0.5) is 0 Å². The highest BCUT2D eigenvalue weighted by atomic mass is 28.4. The minimum Gasteiger partial charge on any atom is -0.449 e. The summed E-state index contributed by atoms with van der Waals surface area (Å²) in [6, 6.07) is 1.35. The molecule has 0 fully saturated rings. The second kappa shape index (κ2) is 24.7. The molecule has 3 nitrogen and oxygen atoms in total. The van der Waals surface area contributed by atoms with Gasteiger partial charge in [0, 0.05) is 0 Å². The van der Waals surface area contributed by atoms with Gasteiger partial charge < -0.3 is 12.3 Å². The van der Waals surface area contributed by atoms with Crippen molar-refractivity contribution in [2.24, 2.45) is 0 Å². The maximum absolute atomic E-state index is 5.69. The molecule has 0 aromatic carbocycles. The van der Waals surface area contributed by atoms with Gasteiger partial charge in [-0.15, -0.1) is 0 Å². The van der Waals surface area contributed by atoms with Crippen molar-refractivity contribution in [3.63, 3.8) is 0 Å². The van der Waals surface area contributed by atoms with E-state index in [0.29, 0.717) is 0 Å². The minimum absolute atomic E-state index is 0.267. The van der Waals surface area contributed by atoms with E-state index in [1.807, 2.05) is 0 Å². The molecule has 0 bridgehead atoms. The highest BCUT2D eigenvalue weighted by Gasteiger charge is 1.95. The fourth-order valence-electron chi connectivity index (χ4n) is 3.16. The fourth-order valence-corrected chi connectivity index (χ4v) is 8.98. The highest BCUT2D eigenvalue weighted by Crippen LogP contribution is 2.13. The van der Waals surface area contributed by atoms with Gasteiger partial charge in [0.05, 0.1) is 0 Å². The molecule has 0 saturated heterocycles. The average molecular weight is 423 g/mol. The van der Waals surface area contributed by atoms with Gasteiger partial charge in [-0.2, -0.15) is 0 Å². The van der Waals surface area contributed by atoms with E-state index >= 15 is 0 Å². The molecule has 0 amide bonds. The van der Waals surface area contributed by atoms with Crippen LogP contribution < -0.4 is 0 Å². The van der Waals surface area contributed by atoms with E-state index in [-0.39, 0.29) is 9.76 Å². The third-order valence-corrected chi connectivity index (χ3v) is 9.65. The van der Waals surface area contributed by atoms with Crippen molar-refractivity contribution in [2.45, 2.75) is 116 Å². The molecular formula is C18H46O3Si4. The van der Waals surface area contributed by atoms with Gasteiger partial charge in [0.25, 0.3) is 20.0 Å². The summed E-state index contributed by atoms with van der Waals surface area (Å²) in [5.74, 6) is 0. The Balaban J connectivity index is 2.94. The zero-order valence-corrected chi connectivity index (χ0v) is 23.6. The molecule has 0 saturated carbocycles. The topological polar surface area (TPSA) is 27.7 Å². The van der Waals surface area contributed by atoms with E-state index in [0.717, 1.165) is 10.5 Å². The van der Waals surface area contributed by atoms with Gasteiger partial charge in [0.15, 0.2) is 0 Å². The molecule has 0 radical (unpaired) electrons. The average Bonchev–Trinajstić information content (AvgIpc) is 2.63. The van der Waals surface area contributed by atoms with Gasteiger partial charge in [0.2, 0.25) is 0 Å². The van der Waals surface area contributed by atoms with Gasteiger partial charge in [-0.3, -0.25) is 0 Å². The summed E-state index contributed by atoms with van der Waals surface area (Å²) in [5.41, 5.74) is 0. The van der Waals surface area contributed by atoms with E-state index in [4.69, 9.17) is 12.3 Å². The molecule has 0 unspecified atom stereocenters. The summed E-state index contributed by atoms with van der Waals surface area (Å²) in [5, 5.41) is 0. The maximum Gasteiger partial charge on any atom is 0.284 e. The van der Waals surface area contributed by atoms with Crippen molar-refractivity contribution in [2.75, 3.05) is 0 Å². The lowest BCUT2D eigenvalue weighted by Gasteiger charge is -2.05. The zero-order chi connectivity index (χ0) is 18.3. The minimum atomic E-state index is -0.646. The molecule has 0 aromatic rings. The molecule has 0 atom stereocenters. The van der Waals surface area contributed by atoms with Crippen LogP contribution in [0.2, 0.25) is 6.04 Å². The van der Waals surface area contributed by atoms with Crippen molar-refractivity contribution >= 4 is 40.3 Å². The summed E-state index contributed by atoms with van der Waals surface area (Å²) in [6.45, 7) is 2.29. The SMILES string of the molecule is CCCCCCCCCCCCCCCCCC[SiH2]O[SiH2]O[SiH2]O[SiH3]. The van der Waals surface area contributed by atoms with Gasteiger partial charge >= 0.3 is 0 Å². The first-order valence-corrected chi connectivity index (χ1v) is 15.8. The Hall–Kier alpha value is 0.748. The molecule has 0 rings (SSSR count). The van der Waals surface area contributed by atoms with Crippen LogP contribution in [0, 0.1) is 0 Å². The smallest absolute Gasteiger partial charge is 0.284 e. The monoisotopic (exact) mass is 422 g/mol. The van der Waals surface area contributed by atoms with E-state index < -0.39 is 20.0 Å². The van der Waals surface area contributed by atoms with Gasteiger partial charge in [-0.25, -0.2) is 0 Å². The standard InChI is InChI=1S/C18H46O3Si4/c1-2-3-4-5-6-7-8-9-10-11-12-13-14-15-16-17-18-23-20-25-21-24-19-22/h2-18,23-25H2,1,22H3. The van der Waals surface area contributed by atoms with Crippen LogP contribution in [0.3, 0.4) is 0 Å². The summed E-state index contributed by atoms with van der Waals surface area (Å²) >= 11 is 0. The molecule has 152 valence electrons. The number of rotatable bonds is 22. The van der Waals surface area contributed by atoms with Crippen LogP contribution in [0.25, 0.3) is 0 Å². The molecule has 25 heavy (non-hydrogen) atoms. The Morgan fingerprint density at radius 1 is 0.560 bits per heavy atom. The normalized spacial score (nSPS) is 12.8. The first kappa shape index (κ1) is 25.7. The summed E-state index contributed by atoms with van der Waals surface area (Å²) in [6.07, 6.45) is 23.1. The molecule has 0 spiro atoms. The maximum atomic E-state index is 5.69. The summed E-state index contributed by atoms with van der Waals surface area (Å²) < 4.78 is 16.2.